The van der Waals surface area contributed by atoms with Gasteiger partial charge in [-0.05, 0) is 55.2 Å². The molecule has 0 aromatic heterocycles. The van der Waals surface area contributed by atoms with Crippen molar-refractivity contribution in [3.8, 4) is 11.5 Å². The van der Waals surface area contributed by atoms with E-state index in [1.165, 1.54) is 12.8 Å². The standard InChI is InChI=1S/C27H46O7/c1-5-6-7-11-19-14-21(29)20(13-12-18(4)10-8-9-17(2)3)22(15-19)33-27-26(32)25(31)24(30)23(16-28)34-27/h14-15,17-18,23-32H,5-13,16H2,1-4H3/t18-,23+,24+,25-,26+,27+/m0/s1. The summed E-state index contributed by atoms with van der Waals surface area (Å²) in [5, 5.41) is 51.0. The summed E-state index contributed by atoms with van der Waals surface area (Å²) in [6.07, 6.45) is 2.17. The normalized spacial score (nSPS) is 26.1. The van der Waals surface area contributed by atoms with Crippen LogP contribution in [-0.2, 0) is 17.6 Å². The lowest BCUT2D eigenvalue weighted by Gasteiger charge is -2.39. The van der Waals surface area contributed by atoms with E-state index in [-0.39, 0.29) is 5.75 Å². The summed E-state index contributed by atoms with van der Waals surface area (Å²) in [5.41, 5.74) is 1.58. The second-order valence-corrected chi connectivity index (χ2v) is 10.3. The Labute approximate surface area is 204 Å². The van der Waals surface area contributed by atoms with Crippen molar-refractivity contribution in [2.75, 3.05) is 6.61 Å². The fourth-order valence-corrected chi connectivity index (χ4v) is 4.47. The second-order valence-electron chi connectivity index (χ2n) is 10.3. The van der Waals surface area contributed by atoms with Gasteiger partial charge in [0.15, 0.2) is 0 Å². The molecule has 34 heavy (non-hydrogen) atoms. The van der Waals surface area contributed by atoms with E-state index in [9.17, 15) is 25.5 Å². The fraction of sp³-hybridized carbons (Fsp3) is 0.778. The molecule has 1 fully saturated rings. The Bertz CT molecular complexity index is 721. The maximum absolute atomic E-state index is 10.9. The fourth-order valence-electron chi connectivity index (χ4n) is 4.47. The number of phenols is 1. The number of aromatic hydroxyl groups is 1. The summed E-state index contributed by atoms with van der Waals surface area (Å²) in [7, 11) is 0. The highest BCUT2D eigenvalue weighted by molar-refractivity contribution is 5.47. The lowest BCUT2D eigenvalue weighted by atomic mass is 9.93. The average Bonchev–Trinajstić information content (AvgIpc) is 2.78. The molecule has 7 nitrogen and oxygen atoms in total. The van der Waals surface area contributed by atoms with E-state index in [0.29, 0.717) is 29.6 Å². The Morgan fingerprint density at radius 2 is 1.65 bits per heavy atom. The van der Waals surface area contributed by atoms with Gasteiger partial charge in [-0.3, -0.25) is 0 Å². The molecule has 6 atom stereocenters. The van der Waals surface area contributed by atoms with Gasteiger partial charge < -0.3 is 35.0 Å². The Balaban J connectivity index is 2.20. The highest BCUT2D eigenvalue weighted by Crippen LogP contribution is 2.35. The number of ether oxygens (including phenoxy) is 2. The molecule has 7 heteroatoms. The SMILES string of the molecule is CCCCCc1cc(O)c(CC[C@@H](C)CCCC(C)C)c(O[C@@H]2O[C@H](CO)[C@@H](O)[C@H](O)[C@H]2O)c1. The molecule has 2 rings (SSSR count). The van der Waals surface area contributed by atoms with Gasteiger partial charge in [0.25, 0.3) is 0 Å². The van der Waals surface area contributed by atoms with Gasteiger partial charge >= 0.3 is 0 Å². The van der Waals surface area contributed by atoms with Crippen LogP contribution < -0.4 is 4.74 Å². The number of hydrogen-bond acceptors (Lipinski definition) is 7. The number of phenolic OH excluding ortho intramolecular Hbond substituents is 1. The van der Waals surface area contributed by atoms with Crippen molar-refractivity contribution in [2.45, 2.75) is 116 Å². The van der Waals surface area contributed by atoms with Crippen LogP contribution in [-0.4, -0.2) is 62.8 Å². The van der Waals surface area contributed by atoms with Crippen LogP contribution in [0.25, 0.3) is 0 Å². The summed E-state index contributed by atoms with van der Waals surface area (Å²) < 4.78 is 11.6. The maximum Gasteiger partial charge on any atom is 0.229 e. The molecule has 1 heterocycles. The largest absolute Gasteiger partial charge is 0.508 e. The van der Waals surface area contributed by atoms with Crippen molar-refractivity contribution in [2.24, 2.45) is 11.8 Å². The van der Waals surface area contributed by atoms with E-state index in [1.807, 2.05) is 6.07 Å². The Morgan fingerprint density at radius 1 is 0.912 bits per heavy atom. The third kappa shape index (κ3) is 8.38. The predicted octanol–water partition coefficient (Wildman–Crippen LogP) is 3.70. The molecule has 1 aromatic carbocycles. The second kappa shape index (κ2) is 14.2. The van der Waals surface area contributed by atoms with E-state index in [0.717, 1.165) is 44.1 Å². The first kappa shape index (κ1) is 28.9. The topological polar surface area (TPSA) is 120 Å². The van der Waals surface area contributed by atoms with Crippen LogP contribution in [0.4, 0.5) is 0 Å². The molecule has 1 aromatic rings. The van der Waals surface area contributed by atoms with Crippen molar-refractivity contribution in [3.63, 3.8) is 0 Å². The van der Waals surface area contributed by atoms with Gasteiger partial charge in [-0.2, -0.15) is 0 Å². The molecular weight excluding hydrogens is 436 g/mol. The first-order valence-corrected chi connectivity index (χ1v) is 13.0. The highest BCUT2D eigenvalue weighted by Gasteiger charge is 2.45. The molecule has 5 N–H and O–H groups in total. The van der Waals surface area contributed by atoms with Crippen molar-refractivity contribution in [3.05, 3.63) is 23.3 Å². The lowest BCUT2D eigenvalue weighted by Crippen LogP contribution is -2.60. The molecule has 0 bridgehead atoms. The number of rotatable bonds is 14. The lowest BCUT2D eigenvalue weighted by molar-refractivity contribution is -0.277. The molecule has 0 spiro atoms. The minimum Gasteiger partial charge on any atom is -0.508 e. The first-order chi connectivity index (χ1) is 16.2. The number of aliphatic hydroxyl groups is 4. The van der Waals surface area contributed by atoms with Gasteiger partial charge in [0.05, 0.1) is 6.61 Å². The van der Waals surface area contributed by atoms with Crippen LogP contribution >= 0.6 is 0 Å². The first-order valence-electron chi connectivity index (χ1n) is 13.0. The monoisotopic (exact) mass is 482 g/mol. The summed E-state index contributed by atoms with van der Waals surface area (Å²) >= 11 is 0. The van der Waals surface area contributed by atoms with E-state index < -0.39 is 37.3 Å². The van der Waals surface area contributed by atoms with Crippen LogP contribution in [0.3, 0.4) is 0 Å². The zero-order chi connectivity index (χ0) is 25.3. The van der Waals surface area contributed by atoms with Gasteiger partial charge in [0.2, 0.25) is 6.29 Å². The molecule has 0 unspecified atom stereocenters. The minimum atomic E-state index is -1.51. The summed E-state index contributed by atoms with van der Waals surface area (Å²) in [6, 6.07) is 3.66. The molecule has 0 radical (unpaired) electrons. The van der Waals surface area contributed by atoms with Crippen molar-refractivity contribution >= 4 is 0 Å². The Morgan fingerprint density at radius 3 is 2.29 bits per heavy atom. The molecule has 1 aliphatic heterocycles. The van der Waals surface area contributed by atoms with E-state index in [4.69, 9.17) is 9.47 Å². The summed E-state index contributed by atoms with van der Waals surface area (Å²) in [5.74, 6) is 1.74. The smallest absolute Gasteiger partial charge is 0.229 e. The average molecular weight is 483 g/mol. The van der Waals surface area contributed by atoms with E-state index in [2.05, 4.69) is 27.7 Å². The van der Waals surface area contributed by atoms with Gasteiger partial charge in [0, 0.05) is 5.56 Å². The third-order valence-corrected chi connectivity index (χ3v) is 6.77. The summed E-state index contributed by atoms with van der Waals surface area (Å²) in [6.45, 7) is 8.29. The third-order valence-electron chi connectivity index (χ3n) is 6.77. The van der Waals surface area contributed by atoms with Crippen LogP contribution in [0.1, 0.15) is 83.8 Å². The maximum atomic E-state index is 10.9. The number of benzene rings is 1. The molecule has 0 aliphatic carbocycles. The molecule has 196 valence electrons. The van der Waals surface area contributed by atoms with Crippen molar-refractivity contribution in [1.29, 1.82) is 0 Å². The zero-order valence-corrected chi connectivity index (χ0v) is 21.3. The van der Waals surface area contributed by atoms with Crippen LogP contribution in [0.15, 0.2) is 12.1 Å². The Hall–Kier alpha value is -1.38. The quantitative estimate of drug-likeness (QED) is 0.257. The van der Waals surface area contributed by atoms with E-state index in [1.54, 1.807) is 6.07 Å². The van der Waals surface area contributed by atoms with Crippen molar-refractivity contribution < 1.29 is 35.0 Å². The van der Waals surface area contributed by atoms with Crippen LogP contribution in [0, 0.1) is 11.8 Å². The molecule has 0 saturated carbocycles. The molecule has 1 saturated heterocycles. The molecule has 0 amide bonds. The summed E-state index contributed by atoms with van der Waals surface area (Å²) in [4.78, 5) is 0. The predicted molar refractivity (Wildman–Crippen MR) is 132 cm³/mol. The molecule has 1 aliphatic rings. The van der Waals surface area contributed by atoms with Crippen molar-refractivity contribution in [1.82, 2.24) is 0 Å². The minimum absolute atomic E-state index is 0.156. The van der Waals surface area contributed by atoms with Gasteiger partial charge in [-0.15, -0.1) is 0 Å². The Kier molecular flexibility index (Phi) is 12.1. The number of aryl methyl sites for hydroxylation is 1. The van der Waals surface area contributed by atoms with Gasteiger partial charge in [-0.25, -0.2) is 0 Å². The van der Waals surface area contributed by atoms with Gasteiger partial charge in [0.1, 0.15) is 35.9 Å². The molecular formula is C27H46O7. The van der Waals surface area contributed by atoms with Gasteiger partial charge in [-0.1, -0.05) is 59.8 Å². The number of aliphatic hydroxyl groups excluding tert-OH is 4. The van der Waals surface area contributed by atoms with E-state index >= 15 is 0 Å². The zero-order valence-electron chi connectivity index (χ0n) is 21.3. The van der Waals surface area contributed by atoms with Crippen LogP contribution in [0.2, 0.25) is 0 Å². The number of unbranched alkanes of at least 4 members (excludes halogenated alkanes) is 2. The van der Waals surface area contributed by atoms with Crippen LogP contribution in [0.5, 0.6) is 11.5 Å². The highest BCUT2D eigenvalue weighted by atomic mass is 16.7. The number of hydrogen-bond donors (Lipinski definition) is 5.